The van der Waals surface area contributed by atoms with Crippen molar-refractivity contribution in [3.63, 3.8) is 0 Å². The maximum absolute atomic E-state index is 11.9. The monoisotopic (exact) mass is 111 g/mol. The van der Waals surface area contributed by atoms with E-state index in [0.29, 0.717) is 0 Å². The van der Waals surface area contributed by atoms with Crippen LogP contribution in [-0.2, 0) is 0 Å². The summed E-state index contributed by atoms with van der Waals surface area (Å²) >= 11 is 0. The van der Waals surface area contributed by atoms with E-state index < -0.39 is 5.83 Å². The molecule has 0 fully saturated rings. The first-order valence-corrected chi connectivity index (χ1v) is 2.13. The molecule has 0 amide bonds. The van der Waals surface area contributed by atoms with Crippen molar-refractivity contribution in [1.82, 2.24) is 0 Å². The first-order chi connectivity index (χ1) is 3.72. The Kier molecular flexibility index (Phi) is 2.57. The third kappa shape index (κ3) is 1.57. The molecule has 0 radical (unpaired) electrons. The Balaban J connectivity index is 4.20. The number of halogens is 1. The predicted molar refractivity (Wildman–Crippen MR) is 29.6 cm³/mol. The molecule has 0 aromatic carbocycles. The Labute approximate surface area is 47.7 Å². The van der Waals surface area contributed by atoms with E-state index in [1.165, 1.54) is 6.08 Å². The molecular weight excluding hydrogens is 105 g/mol. The summed E-state index contributed by atoms with van der Waals surface area (Å²) < 4.78 is 11.9. The topological polar surface area (TPSA) is 23.8 Å². The summed E-state index contributed by atoms with van der Waals surface area (Å²) in [6, 6.07) is 1.64. The molecule has 8 heavy (non-hydrogen) atoms. The molecule has 0 aliphatic rings. The van der Waals surface area contributed by atoms with Crippen LogP contribution in [0.15, 0.2) is 24.1 Å². The fourth-order valence-electron chi connectivity index (χ4n) is 0.282. The van der Waals surface area contributed by atoms with Crippen LogP contribution in [0.2, 0.25) is 0 Å². The number of hydrogen-bond acceptors (Lipinski definition) is 1. The maximum Gasteiger partial charge on any atom is 0.133 e. The van der Waals surface area contributed by atoms with Crippen LogP contribution in [0.3, 0.4) is 0 Å². The molecular formula is C6H6FN. The second-order valence-electron chi connectivity index (χ2n) is 1.22. The normalized spacial score (nSPS) is 10.4. The van der Waals surface area contributed by atoms with E-state index in [-0.39, 0.29) is 5.57 Å². The molecule has 0 bridgehead atoms. The first kappa shape index (κ1) is 6.90. The quantitative estimate of drug-likeness (QED) is 0.374. The lowest BCUT2D eigenvalue weighted by Gasteiger charge is -1.84. The fraction of sp³-hybridized carbons (Fsp3) is 0.167. The Hall–Kier alpha value is -1.10. The maximum atomic E-state index is 11.9. The van der Waals surface area contributed by atoms with Crippen LogP contribution in [0.25, 0.3) is 0 Å². The van der Waals surface area contributed by atoms with Gasteiger partial charge in [0.05, 0.1) is 5.57 Å². The molecule has 0 unspecified atom stereocenters. The average Bonchev–Trinajstić information content (AvgIpc) is 1.69. The molecule has 1 nitrogen and oxygen atoms in total. The van der Waals surface area contributed by atoms with Crippen molar-refractivity contribution in [3.8, 4) is 6.07 Å². The van der Waals surface area contributed by atoms with Crippen molar-refractivity contribution in [2.24, 2.45) is 0 Å². The summed E-state index contributed by atoms with van der Waals surface area (Å²) in [7, 11) is 0. The second kappa shape index (κ2) is 2.98. The van der Waals surface area contributed by atoms with E-state index in [1.807, 2.05) is 0 Å². The molecule has 0 rings (SSSR count). The molecule has 0 heterocycles. The third-order valence-electron chi connectivity index (χ3n) is 0.701. The molecule has 0 aromatic heterocycles. The summed E-state index contributed by atoms with van der Waals surface area (Å²) in [6.07, 6.45) is 1.38. The molecule has 42 valence electrons. The van der Waals surface area contributed by atoms with Gasteiger partial charge in [-0.2, -0.15) is 5.26 Å². The Morgan fingerprint density at radius 2 is 2.38 bits per heavy atom. The molecule has 0 saturated heterocycles. The van der Waals surface area contributed by atoms with Gasteiger partial charge in [0.25, 0.3) is 0 Å². The van der Waals surface area contributed by atoms with Crippen molar-refractivity contribution in [2.45, 2.75) is 6.92 Å². The zero-order valence-corrected chi connectivity index (χ0v) is 4.61. The number of nitrogens with zero attached hydrogens (tertiary/aromatic N) is 1. The summed E-state index contributed by atoms with van der Waals surface area (Å²) in [5.74, 6) is -0.671. The average molecular weight is 111 g/mol. The van der Waals surface area contributed by atoms with Gasteiger partial charge in [-0.15, -0.1) is 0 Å². The van der Waals surface area contributed by atoms with Crippen molar-refractivity contribution in [3.05, 3.63) is 24.1 Å². The van der Waals surface area contributed by atoms with Crippen LogP contribution in [0.1, 0.15) is 6.92 Å². The highest BCUT2D eigenvalue weighted by Crippen LogP contribution is 2.05. The minimum atomic E-state index is -0.671. The summed E-state index contributed by atoms with van der Waals surface area (Å²) in [4.78, 5) is 0. The molecule has 0 aromatic rings. The predicted octanol–water partition coefficient (Wildman–Crippen LogP) is 1.94. The summed E-state index contributed by atoms with van der Waals surface area (Å²) in [6.45, 7) is 4.53. The zero-order chi connectivity index (χ0) is 6.57. The third-order valence-corrected chi connectivity index (χ3v) is 0.701. The van der Waals surface area contributed by atoms with Gasteiger partial charge in [0, 0.05) is 0 Å². The van der Waals surface area contributed by atoms with Crippen LogP contribution in [0.4, 0.5) is 4.39 Å². The Morgan fingerprint density at radius 3 is 2.38 bits per heavy atom. The molecule has 0 saturated carbocycles. The van der Waals surface area contributed by atoms with E-state index in [2.05, 4.69) is 6.58 Å². The SMILES string of the molecule is C=C(F)/C(C#N)=C\C. The van der Waals surface area contributed by atoms with Crippen LogP contribution in [0, 0.1) is 11.3 Å². The highest BCUT2D eigenvalue weighted by Gasteiger charge is 1.94. The van der Waals surface area contributed by atoms with Gasteiger partial charge in [-0.3, -0.25) is 0 Å². The van der Waals surface area contributed by atoms with Crippen molar-refractivity contribution in [1.29, 1.82) is 5.26 Å². The van der Waals surface area contributed by atoms with Crippen LogP contribution in [-0.4, -0.2) is 0 Å². The van der Waals surface area contributed by atoms with E-state index in [1.54, 1.807) is 13.0 Å². The smallest absolute Gasteiger partial charge is 0.133 e. The van der Waals surface area contributed by atoms with Gasteiger partial charge in [0.2, 0.25) is 0 Å². The van der Waals surface area contributed by atoms with Gasteiger partial charge in [0.15, 0.2) is 0 Å². The van der Waals surface area contributed by atoms with Gasteiger partial charge in [-0.1, -0.05) is 12.7 Å². The number of allylic oxidation sites excluding steroid dienone is 3. The van der Waals surface area contributed by atoms with Crippen LogP contribution < -0.4 is 0 Å². The lowest BCUT2D eigenvalue weighted by atomic mass is 10.3. The molecule has 0 aliphatic carbocycles. The van der Waals surface area contributed by atoms with Crippen molar-refractivity contribution in [2.75, 3.05) is 0 Å². The Bertz CT molecular complexity index is 162. The van der Waals surface area contributed by atoms with Crippen LogP contribution in [0.5, 0.6) is 0 Å². The van der Waals surface area contributed by atoms with Crippen molar-refractivity contribution >= 4 is 0 Å². The highest BCUT2D eigenvalue weighted by atomic mass is 19.1. The lowest BCUT2D eigenvalue weighted by molar-refractivity contribution is 0.662. The molecule has 0 atom stereocenters. The fourth-order valence-corrected chi connectivity index (χ4v) is 0.282. The molecule has 0 aliphatic heterocycles. The van der Waals surface area contributed by atoms with E-state index in [9.17, 15) is 4.39 Å². The van der Waals surface area contributed by atoms with Gasteiger partial charge in [0.1, 0.15) is 11.9 Å². The van der Waals surface area contributed by atoms with Crippen LogP contribution >= 0.6 is 0 Å². The summed E-state index contributed by atoms with van der Waals surface area (Å²) in [5, 5.41) is 8.08. The van der Waals surface area contributed by atoms with E-state index in [0.717, 1.165) is 0 Å². The molecule has 0 spiro atoms. The second-order valence-corrected chi connectivity index (χ2v) is 1.22. The van der Waals surface area contributed by atoms with Crippen molar-refractivity contribution < 1.29 is 4.39 Å². The minimum Gasteiger partial charge on any atom is -0.206 e. The number of hydrogen-bond donors (Lipinski definition) is 0. The largest absolute Gasteiger partial charge is 0.206 e. The van der Waals surface area contributed by atoms with E-state index >= 15 is 0 Å². The van der Waals surface area contributed by atoms with Gasteiger partial charge in [-0.05, 0) is 6.92 Å². The van der Waals surface area contributed by atoms with E-state index in [4.69, 9.17) is 5.26 Å². The zero-order valence-electron chi connectivity index (χ0n) is 4.61. The molecule has 2 heteroatoms. The highest BCUT2D eigenvalue weighted by molar-refractivity contribution is 5.35. The van der Waals surface area contributed by atoms with Gasteiger partial charge in [-0.25, -0.2) is 4.39 Å². The number of nitriles is 1. The van der Waals surface area contributed by atoms with Gasteiger partial charge >= 0.3 is 0 Å². The lowest BCUT2D eigenvalue weighted by Crippen LogP contribution is -1.73. The first-order valence-electron chi connectivity index (χ1n) is 2.13. The standard InChI is InChI=1S/C6H6FN/c1-3-6(4-8)5(2)7/h3H,2H2,1H3/b6-3-. The van der Waals surface area contributed by atoms with Gasteiger partial charge < -0.3 is 0 Å². The molecule has 0 N–H and O–H groups in total. The summed E-state index contributed by atoms with van der Waals surface area (Å²) in [5.41, 5.74) is 0.00463. The Morgan fingerprint density at radius 1 is 1.88 bits per heavy atom. The minimum absolute atomic E-state index is 0.00463. The number of rotatable bonds is 1.